The highest BCUT2D eigenvalue weighted by atomic mass is 16.5. The van der Waals surface area contributed by atoms with Crippen molar-refractivity contribution in [2.75, 3.05) is 7.11 Å². The molecule has 3 nitrogen and oxygen atoms in total. The lowest BCUT2D eigenvalue weighted by atomic mass is 9.90. The molecular formula is C26H38O3. The fourth-order valence-electron chi connectivity index (χ4n) is 4.06. The molecule has 0 saturated heterocycles. The van der Waals surface area contributed by atoms with E-state index in [1.807, 2.05) is 0 Å². The molecule has 0 unspecified atom stereocenters. The molecule has 2 aromatic carbocycles. The first-order chi connectivity index (χ1) is 14.0. The van der Waals surface area contributed by atoms with E-state index < -0.39 is 0 Å². The number of hydrogen-bond donors (Lipinski definition) is 2. The van der Waals surface area contributed by atoms with Gasteiger partial charge in [0.15, 0.2) is 11.5 Å². The van der Waals surface area contributed by atoms with E-state index in [1.165, 1.54) is 11.1 Å². The first kappa shape index (κ1) is 23.1. The van der Waals surface area contributed by atoms with Crippen LogP contribution in [0.2, 0.25) is 0 Å². The molecule has 0 heterocycles. The summed E-state index contributed by atoms with van der Waals surface area (Å²) in [5, 5.41) is 21.9. The maximum Gasteiger partial charge on any atom is 0.164 e. The third-order valence-corrected chi connectivity index (χ3v) is 5.86. The third kappa shape index (κ3) is 5.91. The average molecular weight is 399 g/mol. The number of phenols is 2. The zero-order valence-electron chi connectivity index (χ0n) is 18.7. The molecule has 2 aromatic rings. The van der Waals surface area contributed by atoms with Crippen LogP contribution in [0.3, 0.4) is 0 Å². The van der Waals surface area contributed by atoms with Crippen molar-refractivity contribution in [2.24, 2.45) is 0 Å². The summed E-state index contributed by atoms with van der Waals surface area (Å²) in [5.74, 6) is 0.988. The van der Waals surface area contributed by atoms with Crippen molar-refractivity contribution >= 4 is 0 Å². The van der Waals surface area contributed by atoms with Crippen molar-refractivity contribution < 1.29 is 14.9 Å². The van der Waals surface area contributed by atoms with Gasteiger partial charge in [-0.25, -0.2) is 0 Å². The summed E-state index contributed by atoms with van der Waals surface area (Å²) in [6.07, 6.45) is 9.45. The van der Waals surface area contributed by atoms with Crippen molar-refractivity contribution in [1.82, 2.24) is 0 Å². The summed E-state index contributed by atoms with van der Waals surface area (Å²) in [5.41, 5.74) is 5.31. The first-order valence-corrected chi connectivity index (χ1v) is 11.2. The number of rotatable bonds is 12. The van der Waals surface area contributed by atoms with Crippen LogP contribution in [0.1, 0.15) is 80.2 Å². The van der Waals surface area contributed by atoms with Gasteiger partial charge in [0, 0.05) is 16.7 Å². The fraction of sp³-hybridized carbons (Fsp3) is 0.538. The average Bonchev–Trinajstić information content (AvgIpc) is 2.72. The van der Waals surface area contributed by atoms with Gasteiger partial charge in [0.25, 0.3) is 0 Å². The summed E-state index contributed by atoms with van der Waals surface area (Å²) < 4.78 is 5.62. The number of unbranched alkanes of at least 4 members (excludes halogenated alkanes) is 3. The minimum absolute atomic E-state index is 0.132. The second kappa shape index (κ2) is 11.7. The largest absolute Gasteiger partial charge is 0.507 e. The molecule has 0 radical (unpaired) electrons. The van der Waals surface area contributed by atoms with Crippen molar-refractivity contribution in [2.45, 2.75) is 85.0 Å². The Balaban J connectivity index is 2.22. The monoisotopic (exact) mass is 398 g/mol. The van der Waals surface area contributed by atoms with E-state index in [4.69, 9.17) is 4.74 Å². The number of phenolic OH excluding ortho intramolecular Hbond substituents is 2. The number of hydrogen-bond acceptors (Lipinski definition) is 3. The molecule has 0 aliphatic heterocycles. The maximum absolute atomic E-state index is 11.0. The smallest absolute Gasteiger partial charge is 0.164 e. The van der Waals surface area contributed by atoms with E-state index >= 15 is 0 Å². The molecule has 0 saturated carbocycles. The molecule has 0 aromatic heterocycles. The van der Waals surface area contributed by atoms with Gasteiger partial charge in [0.05, 0.1) is 7.11 Å². The van der Waals surface area contributed by atoms with Crippen molar-refractivity contribution in [3.05, 3.63) is 52.1 Å². The predicted octanol–water partition coefficient (Wildman–Crippen LogP) is 6.67. The second-order valence-electron chi connectivity index (χ2n) is 8.01. The Hall–Kier alpha value is -2.16. The molecule has 0 atom stereocenters. The van der Waals surface area contributed by atoms with Crippen LogP contribution in [0, 0.1) is 6.92 Å². The predicted molar refractivity (Wildman–Crippen MR) is 121 cm³/mol. The molecule has 0 aliphatic carbocycles. The lowest BCUT2D eigenvalue weighted by molar-refractivity contribution is 0.357. The van der Waals surface area contributed by atoms with Crippen molar-refractivity contribution in [3.8, 4) is 17.2 Å². The van der Waals surface area contributed by atoms with Gasteiger partial charge in [-0.2, -0.15) is 0 Å². The number of methoxy groups -OCH3 is 1. The van der Waals surface area contributed by atoms with Crippen LogP contribution in [0.25, 0.3) is 0 Å². The number of benzene rings is 2. The molecule has 0 fully saturated rings. The van der Waals surface area contributed by atoms with Gasteiger partial charge >= 0.3 is 0 Å². The van der Waals surface area contributed by atoms with Gasteiger partial charge in [-0.3, -0.25) is 0 Å². The van der Waals surface area contributed by atoms with E-state index in [1.54, 1.807) is 7.11 Å². The molecule has 3 heteroatoms. The molecule has 0 aliphatic rings. The van der Waals surface area contributed by atoms with Crippen LogP contribution in [0.15, 0.2) is 24.3 Å². The topological polar surface area (TPSA) is 49.7 Å². The Labute approximate surface area is 176 Å². The summed E-state index contributed by atoms with van der Waals surface area (Å²) in [6.45, 7) is 6.46. The number of aromatic hydroxyl groups is 2. The Morgan fingerprint density at radius 1 is 0.724 bits per heavy atom. The molecule has 2 rings (SSSR count). The molecule has 160 valence electrons. The minimum atomic E-state index is 0.132. The van der Waals surface area contributed by atoms with Gasteiger partial charge in [0.2, 0.25) is 0 Å². The summed E-state index contributed by atoms with van der Waals surface area (Å²) in [7, 11) is 1.62. The van der Waals surface area contributed by atoms with Crippen molar-refractivity contribution in [1.29, 1.82) is 0 Å². The van der Waals surface area contributed by atoms with Gasteiger partial charge in [-0.15, -0.1) is 0 Å². The van der Waals surface area contributed by atoms with E-state index in [0.29, 0.717) is 23.5 Å². The minimum Gasteiger partial charge on any atom is -0.507 e. The molecule has 0 spiro atoms. The lowest BCUT2D eigenvalue weighted by Crippen LogP contribution is -2.04. The van der Waals surface area contributed by atoms with Crippen LogP contribution in [0.4, 0.5) is 0 Å². The van der Waals surface area contributed by atoms with E-state index in [9.17, 15) is 10.2 Å². The normalized spacial score (nSPS) is 11.0. The van der Waals surface area contributed by atoms with Gasteiger partial charge in [-0.05, 0) is 69.4 Å². The number of ether oxygens (including phenoxy) is 1. The van der Waals surface area contributed by atoms with Crippen LogP contribution >= 0.6 is 0 Å². The summed E-state index contributed by atoms with van der Waals surface area (Å²) in [4.78, 5) is 0. The second-order valence-corrected chi connectivity index (χ2v) is 8.01. The first-order valence-electron chi connectivity index (χ1n) is 11.2. The highest BCUT2D eigenvalue weighted by Gasteiger charge is 2.23. The Morgan fingerprint density at radius 2 is 1.31 bits per heavy atom. The maximum atomic E-state index is 11.0. The van der Waals surface area contributed by atoms with Gasteiger partial charge in [-0.1, -0.05) is 51.0 Å². The molecule has 0 amide bonds. The van der Waals surface area contributed by atoms with E-state index in [-0.39, 0.29) is 5.75 Å². The zero-order valence-corrected chi connectivity index (χ0v) is 18.7. The fourth-order valence-corrected chi connectivity index (χ4v) is 4.06. The molecule has 2 N–H and O–H groups in total. The summed E-state index contributed by atoms with van der Waals surface area (Å²) >= 11 is 0. The molecule has 0 bridgehead atoms. The van der Waals surface area contributed by atoms with Crippen LogP contribution in [-0.4, -0.2) is 17.3 Å². The molecule has 29 heavy (non-hydrogen) atoms. The Morgan fingerprint density at radius 3 is 1.93 bits per heavy atom. The summed E-state index contributed by atoms with van der Waals surface area (Å²) in [6, 6.07) is 8.48. The van der Waals surface area contributed by atoms with E-state index in [0.717, 1.165) is 68.9 Å². The van der Waals surface area contributed by atoms with Crippen LogP contribution in [-0.2, 0) is 25.7 Å². The van der Waals surface area contributed by atoms with Gasteiger partial charge < -0.3 is 14.9 Å². The SMILES string of the molecule is CCCCc1c(O)c(CCCCc2ccccc2C)c(O)c(OC)c1CCCC. The number of aryl methyl sites for hydroxylation is 2. The highest BCUT2D eigenvalue weighted by Crippen LogP contribution is 2.45. The Kier molecular flexibility index (Phi) is 9.37. The van der Waals surface area contributed by atoms with Crippen LogP contribution in [0.5, 0.6) is 17.2 Å². The standard InChI is InChI=1S/C26H38O3/c1-5-7-16-21-22(17-8-6-2)26(29-4)25(28)23(24(21)27)18-12-11-15-20-14-10-9-13-19(20)3/h9-10,13-14,27-28H,5-8,11-12,15-18H2,1-4H3. The Bertz CT molecular complexity index is 780. The van der Waals surface area contributed by atoms with Crippen molar-refractivity contribution in [3.63, 3.8) is 0 Å². The zero-order chi connectivity index (χ0) is 21.2. The lowest BCUT2D eigenvalue weighted by Gasteiger charge is -2.21. The van der Waals surface area contributed by atoms with Crippen LogP contribution < -0.4 is 4.74 Å². The quantitative estimate of drug-likeness (QED) is 0.393. The third-order valence-electron chi connectivity index (χ3n) is 5.86. The molecular weight excluding hydrogens is 360 g/mol. The van der Waals surface area contributed by atoms with Gasteiger partial charge in [0.1, 0.15) is 5.75 Å². The van der Waals surface area contributed by atoms with E-state index in [2.05, 4.69) is 45.0 Å². The highest BCUT2D eigenvalue weighted by molar-refractivity contribution is 5.62.